The standard InChI is InChI=1S/C27H30N4O/c1-18(2)31-27-24(17-28-31)19(3)23(20(4)29-27)15-16-25(32)30-26(21-11-7-5-8-12-21)22-13-9-6-10-14-22/h5-14,17-18,26H,15-16H2,1-4H3,(H,30,32). The van der Waals surface area contributed by atoms with Gasteiger partial charge < -0.3 is 5.32 Å². The molecule has 2 heterocycles. The molecule has 0 radical (unpaired) electrons. The van der Waals surface area contributed by atoms with Gasteiger partial charge in [-0.05, 0) is 56.4 Å². The average molecular weight is 427 g/mol. The Hall–Kier alpha value is -3.47. The van der Waals surface area contributed by atoms with E-state index >= 15 is 0 Å². The second-order valence-corrected chi connectivity index (χ2v) is 8.54. The topological polar surface area (TPSA) is 59.8 Å². The molecule has 4 aromatic rings. The summed E-state index contributed by atoms with van der Waals surface area (Å²) in [5.41, 5.74) is 6.32. The van der Waals surface area contributed by atoms with E-state index in [1.54, 1.807) is 0 Å². The van der Waals surface area contributed by atoms with E-state index in [4.69, 9.17) is 4.98 Å². The number of pyridine rings is 1. The van der Waals surface area contributed by atoms with Gasteiger partial charge in [-0.15, -0.1) is 0 Å². The molecule has 32 heavy (non-hydrogen) atoms. The van der Waals surface area contributed by atoms with Gasteiger partial charge >= 0.3 is 0 Å². The van der Waals surface area contributed by atoms with Gasteiger partial charge in [-0.2, -0.15) is 5.10 Å². The molecule has 0 saturated heterocycles. The van der Waals surface area contributed by atoms with Gasteiger partial charge in [-0.3, -0.25) is 4.79 Å². The molecule has 1 N–H and O–H groups in total. The molecule has 2 aromatic heterocycles. The van der Waals surface area contributed by atoms with Gasteiger partial charge in [-0.1, -0.05) is 60.7 Å². The van der Waals surface area contributed by atoms with Gasteiger partial charge in [-0.25, -0.2) is 9.67 Å². The second-order valence-electron chi connectivity index (χ2n) is 8.54. The summed E-state index contributed by atoms with van der Waals surface area (Å²) in [5, 5.41) is 8.81. The number of amides is 1. The van der Waals surface area contributed by atoms with Crippen LogP contribution in [-0.4, -0.2) is 20.7 Å². The van der Waals surface area contributed by atoms with Crippen molar-refractivity contribution < 1.29 is 4.79 Å². The number of aryl methyl sites for hydroxylation is 2. The van der Waals surface area contributed by atoms with Gasteiger partial charge in [0, 0.05) is 23.5 Å². The van der Waals surface area contributed by atoms with Gasteiger partial charge in [0.15, 0.2) is 5.65 Å². The first-order chi connectivity index (χ1) is 15.5. The van der Waals surface area contributed by atoms with Crippen molar-refractivity contribution in [1.82, 2.24) is 20.1 Å². The van der Waals surface area contributed by atoms with E-state index in [9.17, 15) is 4.79 Å². The first-order valence-electron chi connectivity index (χ1n) is 11.2. The summed E-state index contributed by atoms with van der Waals surface area (Å²) in [7, 11) is 0. The molecule has 0 aliphatic heterocycles. The molecule has 5 nitrogen and oxygen atoms in total. The van der Waals surface area contributed by atoms with Crippen molar-refractivity contribution in [2.75, 3.05) is 0 Å². The molecule has 0 fully saturated rings. The Kier molecular flexibility index (Phi) is 6.35. The van der Waals surface area contributed by atoms with Crippen LogP contribution in [0.25, 0.3) is 11.0 Å². The number of hydrogen-bond acceptors (Lipinski definition) is 3. The third-order valence-corrected chi connectivity index (χ3v) is 6.00. The molecule has 0 bridgehead atoms. The smallest absolute Gasteiger partial charge is 0.221 e. The summed E-state index contributed by atoms with van der Waals surface area (Å²) in [6.45, 7) is 8.33. The molecule has 0 unspecified atom stereocenters. The number of carbonyl (C=O) groups excluding carboxylic acids is 1. The molecule has 5 heteroatoms. The minimum absolute atomic E-state index is 0.0273. The minimum Gasteiger partial charge on any atom is -0.345 e. The second kappa shape index (κ2) is 9.35. The first kappa shape index (κ1) is 21.8. The number of benzene rings is 2. The van der Waals surface area contributed by atoms with Crippen LogP contribution in [0.15, 0.2) is 66.9 Å². The summed E-state index contributed by atoms with van der Waals surface area (Å²) in [5.74, 6) is 0.0273. The highest BCUT2D eigenvalue weighted by molar-refractivity contribution is 5.81. The lowest BCUT2D eigenvalue weighted by atomic mass is 9.97. The maximum Gasteiger partial charge on any atom is 0.221 e. The number of fused-ring (bicyclic) bond motifs is 1. The Labute approximate surface area is 189 Å². The highest BCUT2D eigenvalue weighted by atomic mass is 16.1. The van der Waals surface area contributed by atoms with Crippen LogP contribution < -0.4 is 5.32 Å². The van der Waals surface area contributed by atoms with Crippen LogP contribution in [0.2, 0.25) is 0 Å². The first-order valence-corrected chi connectivity index (χ1v) is 11.2. The van der Waals surface area contributed by atoms with E-state index in [1.807, 2.05) is 54.2 Å². The third-order valence-electron chi connectivity index (χ3n) is 6.00. The molecule has 0 atom stereocenters. The highest BCUT2D eigenvalue weighted by Crippen LogP contribution is 2.26. The predicted molar refractivity (Wildman–Crippen MR) is 129 cm³/mol. The molecule has 0 aliphatic rings. The normalized spacial score (nSPS) is 11.4. The van der Waals surface area contributed by atoms with Crippen LogP contribution >= 0.6 is 0 Å². The summed E-state index contributed by atoms with van der Waals surface area (Å²) < 4.78 is 1.95. The van der Waals surface area contributed by atoms with E-state index in [0.29, 0.717) is 12.8 Å². The molecule has 1 amide bonds. The molecule has 0 spiro atoms. The predicted octanol–water partition coefficient (Wildman–Crippen LogP) is 5.47. The zero-order chi connectivity index (χ0) is 22.7. The van der Waals surface area contributed by atoms with Crippen molar-refractivity contribution >= 4 is 16.9 Å². The van der Waals surface area contributed by atoms with Crippen LogP contribution in [0.4, 0.5) is 0 Å². The zero-order valence-corrected chi connectivity index (χ0v) is 19.2. The molecule has 164 valence electrons. The van der Waals surface area contributed by atoms with E-state index < -0.39 is 0 Å². The van der Waals surface area contributed by atoms with Crippen molar-refractivity contribution in [3.8, 4) is 0 Å². The maximum atomic E-state index is 13.0. The fourth-order valence-electron chi connectivity index (χ4n) is 4.26. The molecule has 2 aromatic carbocycles. The van der Waals surface area contributed by atoms with Crippen LogP contribution in [0.5, 0.6) is 0 Å². The molecule has 4 rings (SSSR count). The SMILES string of the molecule is Cc1nc2c(cnn2C(C)C)c(C)c1CCC(=O)NC(c1ccccc1)c1ccccc1. The lowest BCUT2D eigenvalue weighted by Crippen LogP contribution is -2.29. The Morgan fingerprint density at radius 2 is 1.56 bits per heavy atom. The Bertz CT molecular complexity index is 1170. The fourth-order valence-corrected chi connectivity index (χ4v) is 4.26. The minimum atomic E-state index is -0.169. The van der Waals surface area contributed by atoms with Crippen molar-refractivity contribution in [2.24, 2.45) is 0 Å². The van der Waals surface area contributed by atoms with Crippen molar-refractivity contribution in [2.45, 2.75) is 52.6 Å². The molecular weight excluding hydrogens is 396 g/mol. The monoisotopic (exact) mass is 426 g/mol. The molecule has 0 saturated carbocycles. The van der Waals surface area contributed by atoms with Crippen molar-refractivity contribution in [1.29, 1.82) is 0 Å². The van der Waals surface area contributed by atoms with Gasteiger partial charge in [0.25, 0.3) is 0 Å². The number of nitrogens with one attached hydrogen (secondary N) is 1. The Balaban J connectivity index is 1.53. The van der Waals surface area contributed by atoms with Gasteiger partial charge in [0.2, 0.25) is 5.91 Å². The number of hydrogen-bond donors (Lipinski definition) is 1. The molecule has 0 aliphatic carbocycles. The average Bonchev–Trinajstić information content (AvgIpc) is 3.23. The lowest BCUT2D eigenvalue weighted by molar-refractivity contribution is -0.121. The summed E-state index contributed by atoms with van der Waals surface area (Å²) >= 11 is 0. The van der Waals surface area contributed by atoms with Crippen LogP contribution in [0, 0.1) is 13.8 Å². The summed E-state index contributed by atoms with van der Waals surface area (Å²) in [6.07, 6.45) is 2.94. The third kappa shape index (κ3) is 4.42. The lowest BCUT2D eigenvalue weighted by Gasteiger charge is -2.20. The van der Waals surface area contributed by atoms with Crippen LogP contribution in [0.3, 0.4) is 0 Å². The summed E-state index contributed by atoms with van der Waals surface area (Å²) in [6, 6.07) is 20.3. The zero-order valence-electron chi connectivity index (χ0n) is 19.2. The van der Waals surface area contributed by atoms with Crippen LogP contribution in [-0.2, 0) is 11.2 Å². The Morgan fingerprint density at radius 3 is 2.12 bits per heavy atom. The quantitative estimate of drug-likeness (QED) is 0.426. The fraction of sp³-hybridized carbons (Fsp3) is 0.296. The largest absolute Gasteiger partial charge is 0.345 e. The summed E-state index contributed by atoms with van der Waals surface area (Å²) in [4.78, 5) is 17.8. The van der Waals surface area contributed by atoms with E-state index in [-0.39, 0.29) is 18.0 Å². The number of aromatic nitrogens is 3. The van der Waals surface area contributed by atoms with Crippen molar-refractivity contribution in [3.63, 3.8) is 0 Å². The number of nitrogens with zero attached hydrogens (tertiary/aromatic N) is 3. The van der Waals surface area contributed by atoms with Gasteiger partial charge in [0.1, 0.15) is 0 Å². The number of rotatable bonds is 7. The van der Waals surface area contributed by atoms with Crippen LogP contribution in [0.1, 0.15) is 60.3 Å². The van der Waals surface area contributed by atoms with E-state index in [2.05, 4.69) is 55.5 Å². The van der Waals surface area contributed by atoms with E-state index in [0.717, 1.165) is 39.0 Å². The van der Waals surface area contributed by atoms with Crippen molar-refractivity contribution in [3.05, 3.63) is 94.8 Å². The van der Waals surface area contributed by atoms with E-state index in [1.165, 1.54) is 0 Å². The maximum absolute atomic E-state index is 13.0. The highest BCUT2D eigenvalue weighted by Gasteiger charge is 2.19. The van der Waals surface area contributed by atoms with Gasteiger partial charge in [0.05, 0.1) is 12.2 Å². The molecular formula is C27H30N4O. The number of carbonyl (C=O) groups is 1. The Morgan fingerprint density at radius 1 is 0.969 bits per heavy atom.